The van der Waals surface area contributed by atoms with Crippen molar-refractivity contribution in [1.29, 1.82) is 0 Å². The predicted octanol–water partition coefficient (Wildman–Crippen LogP) is 1.17. The van der Waals surface area contributed by atoms with Crippen LogP contribution in [0, 0.1) is 20.2 Å². The number of anilines is 1. The number of hydrogen-bond acceptors (Lipinski definition) is 5. The summed E-state index contributed by atoms with van der Waals surface area (Å²) in [6.07, 6.45) is 0. The number of benzene rings is 1. The molecule has 0 saturated carbocycles. The number of hydrogen-bond donors (Lipinski definition) is 1. The maximum Gasteiger partial charge on any atom is 0.228 e. The zero-order valence-corrected chi connectivity index (χ0v) is 7.63. The average molecular weight is 215 g/mol. The molecule has 14 heavy (non-hydrogen) atoms. The standard InChI is InChI=1S/C6H5N3O4S/c10-8(11)7(9(12)13)5-3-1-2-4-6(5)14/h1-4,14H. The van der Waals surface area contributed by atoms with E-state index in [0.29, 0.717) is 0 Å². The van der Waals surface area contributed by atoms with Crippen LogP contribution in [0.4, 0.5) is 5.69 Å². The van der Waals surface area contributed by atoms with Crippen LogP contribution in [0.15, 0.2) is 29.2 Å². The molecule has 0 saturated heterocycles. The van der Waals surface area contributed by atoms with E-state index in [1.165, 1.54) is 18.2 Å². The number of para-hydroxylation sites is 1. The largest absolute Gasteiger partial charge is 0.230 e. The summed E-state index contributed by atoms with van der Waals surface area (Å²) in [6.45, 7) is 0. The van der Waals surface area contributed by atoms with Crippen molar-refractivity contribution in [2.45, 2.75) is 4.90 Å². The van der Waals surface area contributed by atoms with Crippen LogP contribution in [-0.4, -0.2) is 10.1 Å². The fraction of sp³-hybridized carbons (Fsp3) is 0. The molecule has 0 N–H and O–H groups in total. The molecule has 1 rings (SSSR count). The summed E-state index contributed by atoms with van der Waals surface area (Å²) < 4.78 is 0. The summed E-state index contributed by atoms with van der Waals surface area (Å²) in [4.78, 5) is 20.9. The van der Waals surface area contributed by atoms with Gasteiger partial charge in [-0.25, -0.2) is 20.2 Å². The van der Waals surface area contributed by atoms with Crippen LogP contribution < -0.4 is 5.12 Å². The smallest absolute Gasteiger partial charge is 0.228 e. The van der Waals surface area contributed by atoms with Crippen molar-refractivity contribution in [2.24, 2.45) is 0 Å². The molecule has 0 heterocycles. The van der Waals surface area contributed by atoms with E-state index in [1.54, 1.807) is 6.07 Å². The molecule has 1 aromatic carbocycles. The third kappa shape index (κ3) is 1.91. The molecule has 7 nitrogen and oxygen atoms in total. The van der Waals surface area contributed by atoms with Gasteiger partial charge in [0.25, 0.3) is 0 Å². The van der Waals surface area contributed by atoms with Gasteiger partial charge in [-0.05, 0) is 12.1 Å². The van der Waals surface area contributed by atoms with Gasteiger partial charge in [-0.3, -0.25) is 0 Å². The van der Waals surface area contributed by atoms with Gasteiger partial charge in [-0.2, -0.15) is 0 Å². The van der Waals surface area contributed by atoms with Gasteiger partial charge >= 0.3 is 0 Å². The Morgan fingerprint density at radius 3 is 2.07 bits per heavy atom. The van der Waals surface area contributed by atoms with Gasteiger partial charge in [0.1, 0.15) is 0 Å². The fourth-order valence-electron chi connectivity index (χ4n) is 0.869. The quantitative estimate of drug-likeness (QED) is 0.464. The monoisotopic (exact) mass is 215 g/mol. The van der Waals surface area contributed by atoms with Crippen molar-refractivity contribution >= 4 is 18.3 Å². The number of hydrazine groups is 2. The van der Waals surface area contributed by atoms with E-state index >= 15 is 0 Å². The van der Waals surface area contributed by atoms with Gasteiger partial charge in [0.2, 0.25) is 15.2 Å². The predicted molar refractivity (Wildman–Crippen MR) is 50.2 cm³/mol. The van der Waals surface area contributed by atoms with Gasteiger partial charge in [-0.1, -0.05) is 12.1 Å². The molecule has 0 aromatic heterocycles. The Hall–Kier alpha value is -1.83. The number of nitrogens with zero attached hydrogens (tertiary/aromatic N) is 3. The first-order valence-electron chi connectivity index (χ1n) is 3.40. The van der Waals surface area contributed by atoms with Gasteiger partial charge in [-0.15, -0.1) is 12.6 Å². The Balaban J connectivity index is 3.18. The molecule has 0 atom stereocenters. The lowest BCUT2D eigenvalue weighted by atomic mass is 10.3. The van der Waals surface area contributed by atoms with E-state index in [-0.39, 0.29) is 15.7 Å². The van der Waals surface area contributed by atoms with E-state index in [1.807, 2.05) is 0 Å². The van der Waals surface area contributed by atoms with E-state index in [9.17, 15) is 20.2 Å². The van der Waals surface area contributed by atoms with Crippen LogP contribution in [0.3, 0.4) is 0 Å². The molecule has 0 fully saturated rings. The Labute approximate surface area is 83.6 Å². The second kappa shape index (κ2) is 3.92. The van der Waals surface area contributed by atoms with Crippen molar-refractivity contribution in [3.8, 4) is 0 Å². The minimum atomic E-state index is -1.12. The zero-order chi connectivity index (χ0) is 10.7. The van der Waals surface area contributed by atoms with Crippen molar-refractivity contribution in [2.75, 3.05) is 5.12 Å². The summed E-state index contributed by atoms with van der Waals surface area (Å²) in [5, 5.41) is 18.3. The van der Waals surface area contributed by atoms with Crippen molar-refractivity contribution in [3.05, 3.63) is 44.5 Å². The van der Waals surface area contributed by atoms with E-state index in [0.717, 1.165) is 0 Å². The highest BCUT2D eigenvalue weighted by Gasteiger charge is 2.31. The second-order valence-electron chi connectivity index (χ2n) is 2.25. The first kappa shape index (κ1) is 10.3. The summed E-state index contributed by atoms with van der Waals surface area (Å²) >= 11 is 3.88. The summed E-state index contributed by atoms with van der Waals surface area (Å²) in [6, 6.07) is 5.70. The maximum atomic E-state index is 10.3. The minimum absolute atomic E-state index is 0.168. The number of nitro groups is 2. The second-order valence-corrected chi connectivity index (χ2v) is 2.74. The van der Waals surface area contributed by atoms with E-state index in [4.69, 9.17) is 0 Å². The fourth-order valence-corrected chi connectivity index (χ4v) is 1.12. The molecule has 0 spiro atoms. The van der Waals surface area contributed by atoms with Crippen LogP contribution in [0.5, 0.6) is 0 Å². The molecule has 0 unspecified atom stereocenters. The highest BCUT2D eigenvalue weighted by atomic mass is 32.1. The number of rotatable bonds is 3. The minimum Gasteiger partial charge on any atom is -0.230 e. The Kier molecular flexibility index (Phi) is 2.87. The average Bonchev–Trinajstić information content (AvgIpc) is 2.07. The molecule has 0 radical (unpaired) electrons. The van der Waals surface area contributed by atoms with E-state index < -0.39 is 10.1 Å². The zero-order valence-electron chi connectivity index (χ0n) is 6.73. The van der Waals surface area contributed by atoms with Gasteiger partial charge in [0, 0.05) is 4.90 Å². The van der Waals surface area contributed by atoms with Crippen molar-refractivity contribution < 1.29 is 10.1 Å². The van der Waals surface area contributed by atoms with E-state index in [2.05, 4.69) is 12.6 Å². The lowest BCUT2D eigenvalue weighted by molar-refractivity contribution is -0.712. The molecular formula is C6H5N3O4S. The molecule has 74 valence electrons. The normalized spacial score (nSPS) is 9.50. The van der Waals surface area contributed by atoms with Crippen molar-refractivity contribution in [3.63, 3.8) is 0 Å². The molecule has 0 aliphatic rings. The molecule has 1 aromatic rings. The lowest BCUT2D eigenvalue weighted by Crippen LogP contribution is -2.35. The first-order chi connectivity index (χ1) is 6.54. The molecule has 0 aliphatic carbocycles. The first-order valence-corrected chi connectivity index (χ1v) is 3.85. The van der Waals surface area contributed by atoms with Crippen molar-refractivity contribution in [1.82, 2.24) is 0 Å². The van der Waals surface area contributed by atoms with Gasteiger partial charge in [0.05, 0.1) is 0 Å². The Morgan fingerprint density at radius 2 is 1.64 bits per heavy atom. The molecule has 0 amide bonds. The van der Waals surface area contributed by atoms with Crippen LogP contribution >= 0.6 is 12.6 Å². The van der Waals surface area contributed by atoms with Gasteiger partial charge in [0.15, 0.2) is 5.69 Å². The highest BCUT2D eigenvalue weighted by Crippen LogP contribution is 2.23. The lowest BCUT2D eigenvalue weighted by Gasteiger charge is -2.04. The van der Waals surface area contributed by atoms with Gasteiger partial charge < -0.3 is 0 Å². The maximum absolute atomic E-state index is 10.3. The SMILES string of the molecule is O=[N+]([O-])N(c1ccccc1S)[N+](=O)[O-]. The third-order valence-electron chi connectivity index (χ3n) is 1.41. The van der Waals surface area contributed by atoms with Crippen LogP contribution in [-0.2, 0) is 0 Å². The molecule has 8 heteroatoms. The van der Waals surface area contributed by atoms with Crippen LogP contribution in [0.25, 0.3) is 0 Å². The van der Waals surface area contributed by atoms with Crippen LogP contribution in [0.1, 0.15) is 0 Å². The summed E-state index contributed by atoms with van der Waals surface area (Å²) in [5.41, 5.74) is -0.175. The Bertz CT molecular complexity index is 369. The van der Waals surface area contributed by atoms with Crippen LogP contribution in [0.2, 0.25) is 0 Å². The highest BCUT2D eigenvalue weighted by molar-refractivity contribution is 7.80. The summed E-state index contributed by atoms with van der Waals surface area (Å²) in [7, 11) is 0. The number of thiol groups is 1. The molecule has 0 aliphatic heterocycles. The molecular weight excluding hydrogens is 210 g/mol. The molecule has 0 bridgehead atoms. The Morgan fingerprint density at radius 1 is 1.14 bits per heavy atom. The topological polar surface area (TPSA) is 89.5 Å². The third-order valence-corrected chi connectivity index (χ3v) is 1.78. The summed E-state index contributed by atoms with van der Waals surface area (Å²) in [5.74, 6) is 0.